The minimum atomic E-state index is 0.519. The first-order valence-corrected chi connectivity index (χ1v) is 5.24. The van der Waals surface area contributed by atoms with E-state index in [1.807, 2.05) is 31.2 Å². The van der Waals surface area contributed by atoms with Crippen LogP contribution in [0.1, 0.15) is 25.3 Å². The standard InChI is InChI=1S/C12H21N3/c1-9(2)10-6-7-12(11(13)8-10)15(5)14(3)4/h6-9H,13H2,1-5H3. The van der Waals surface area contributed by atoms with Gasteiger partial charge in [-0.2, -0.15) is 0 Å². The number of nitrogens with two attached hydrogens (primary N) is 1. The average molecular weight is 207 g/mol. The van der Waals surface area contributed by atoms with Gasteiger partial charge in [-0.1, -0.05) is 19.9 Å². The van der Waals surface area contributed by atoms with Crippen molar-refractivity contribution in [2.45, 2.75) is 19.8 Å². The van der Waals surface area contributed by atoms with Gasteiger partial charge in [0.05, 0.1) is 11.4 Å². The Hall–Kier alpha value is -1.22. The molecule has 0 aliphatic rings. The predicted octanol–water partition coefficient (Wildman–Crippen LogP) is 2.30. The van der Waals surface area contributed by atoms with Gasteiger partial charge in [0.1, 0.15) is 0 Å². The second-order valence-electron chi connectivity index (χ2n) is 4.34. The normalized spacial score (nSPS) is 11.1. The summed E-state index contributed by atoms with van der Waals surface area (Å²) in [6.07, 6.45) is 0. The monoisotopic (exact) mass is 207 g/mol. The van der Waals surface area contributed by atoms with Crippen molar-refractivity contribution in [3.63, 3.8) is 0 Å². The molecule has 1 rings (SSSR count). The van der Waals surface area contributed by atoms with Gasteiger partial charge in [-0.3, -0.25) is 0 Å². The van der Waals surface area contributed by atoms with Crippen molar-refractivity contribution >= 4 is 11.4 Å². The molecule has 0 saturated carbocycles. The molecule has 3 nitrogen and oxygen atoms in total. The molecule has 0 amide bonds. The zero-order valence-electron chi connectivity index (χ0n) is 10.3. The first kappa shape index (κ1) is 11.9. The van der Waals surface area contributed by atoms with Gasteiger partial charge in [-0.25, -0.2) is 5.01 Å². The van der Waals surface area contributed by atoms with Crippen LogP contribution >= 0.6 is 0 Å². The molecule has 0 aliphatic heterocycles. The lowest BCUT2D eigenvalue weighted by atomic mass is 10.0. The van der Waals surface area contributed by atoms with Crippen LogP contribution in [0.15, 0.2) is 18.2 Å². The molecule has 15 heavy (non-hydrogen) atoms. The molecular formula is C12H21N3. The third kappa shape index (κ3) is 2.63. The molecule has 84 valence electrons. The number of nitrogens with zero attached hydrogens (tertiary/aromatic N) is 2. The highest BCUT2D eigenvalue weighted by Gasteiger charge is 2.08. The number of hydrogen-bond acceptors (Lipinski definition) is 3. The second-order valence-corrected chi connectivity index (χ2v) is 4.34. The summed E-state index contributed by atoms with van der Waals surface area (Å²) in [4.78, 5) is 0. The first-order chi connectivity index (χ1) is 6.93. The predicted molar refractivity (Wildman–Crippen MR) is 67.0 cm³/mol. The van der Waals surface area contributed by atoms with Crippen LogP contribution in [-0.4, -0.2) is 26.2 Å². The fraction of sp³-hybridized carbons (Fsp3) is 0.500. The summed E-state index contributed by atoms with van der Waals surface area (Å²) in [6.45, 7) is 4.34. The second kappa shape index (κ2) is 4.53. The average Bonchev–Trinajstić information content (AvgIpc) is 2.16. The van der Waals surface area contributed by atoms with Crippen LogP contribution < -0.4 is 10.7 Å². The minimum absolute atomic E-state index is 0.519. The van der Waals surface area contributed by atoms with Crippen molar-refractivity contribution in [3.05, 3.63) is 23.8 Å². The highest BCUT2D eigenvalue weighted by atomic mass is 15.6. The summed E-state index contributed by atoms with van der Waals surface area (Å²) >= 11 is 0. The van der Waals surface area contributed by atoms with Crippen molar-refractivity contribution in [3.8, 4) is 0 Å². The molecular weight excluding hydrogens is 186 g/mol. The van der Waals surface area contributed by atoms with Crippen molar-refractivity contribution in [2.24, 2.45) is 0 Å². The van der Waals surface area contributed by atoms with E-state index in [1.54, 1.807) is 0 Å². The Balaban J connectivity index is 3.03. The van der Waals surface area contributed by atoms with Crippen LogP contribution in [0.4, 0.5) is 11.4 Å². The van der Waals surface area contributed by atoms with E-state index in [0.717, 1.165) is 11.4 Å². The number of hydrogen-bond donors (Lipinski definition) is 1. The summed E-state index contributed by atoms with van der Waals surface area (Å²) in [5.41, 5.74) is 9.19. The molecule has 0 atom stereocenters. The van der Waals surface area contributed by atoms with E-state index in [1.165, 1.54) is 5.56 Å². The SMILES string of the molecule is CC(C)c1ccc(N(C)N(C)C)c(N)c1. The molecule has 0 saturated heterocycles. The van der Waals surface area contributed by atoms with Gasteiger partial charge in [-0.15, -0.1) is 0 Å². The molecule has 0 spiro atoms. The lowest BCUT2D eigenvalue weighted by Crippen LogP contribution is -2.33. The Kier molecular flexibility index (Phi) is 3.58. The number of hydrazine groups is 1. The van der Waals surface area contributed by atoms with E-state index in [0.29, 0.717) is 5.92 Å². The number of anilines is 2. The van der Waals surface area contributed by atoms with Crippen LogP contribution in [0.2, 0.25) is 0 Å². The van der Waals surface area contributed by atoms with E-state index in [4.69, 9.17) is 5.73 Å². The van der Waals surface area contributed by atoms with Crippen LogP contribution in [0.25, 0.3) is 0 Å². The van der Waals surface area contributed by atoms with E-state index >= 15 is 0 Å². The Morgan fingerprint density at radius 2 is 1.73 bits per heavy atom. The zero-order valence-corrected chi connectivity index (χ0v) is 10.3. The summed E-state index contributed by atoms with van der Waals surface area (Å²) in [7, 11) is 5.99. The molecule has 1 aromatic rings. The summed E-state index contributed by atoms with van der Waals surface area (Å²) in [5.74, 6) is 0.519. The smallest absolute Gasteiger partial charge is 0.0748 e. The van der Waals surface area contributed by atoms with Crippen molar-refractivity contribution in [1.29, 1.82) is 0 Å². The van der Waals surface area contributed by atoms with Gasteiger partial charge >= 0.3 is 0 Å². The third-order valence-electron chi connectivity index (χ3n) is 2.67. The van der Waals surface area contributed by atoms with Gasteiger partial charge in [0.2, 0.25) is 0 Å². The minimum Gasteiger partial charge on any atom is -0.397 e. The first-order valence-electron chi connectivity index (χ1n) is 5.24. The van der Waals surface area contributed by atoms with Gasteiger partial charge < -0.3 is 10.7 Å². The molecule has 0 radical (unpaired) electrons. The maximum atomic E-state index is 6.03. The summed E-state index contributed by atoms with van der Waals surface area (Å²) < 4.78 is 0. The van der Waals surface area contributed by atoms with Crippen molar-refractivity contribution in [1.82, 2.24) is 5.01 Å². The summed E-state index contributed by atoms with van der Waals surface area (Å²) in [5, 5.41) is 4.03. The quantitative estimate of drug-likeness (QED) is 0.610. The lowest BCUT2D eigenvalue weighted by Gasteiger charge is -2.28. The van der Waals surface area contributed by atoms with E-state index in [-0.39, 0.29) is 0 Å². The Labute approximate surface area is 92.5 Å². The summed E-state index contributed by atoms with van der Waals surface area (Å²) in [6, 6.07) is 6.26. The van der Waals surface area contributed by atoms with Crippen LogP contribution in [0, 0.1) is 0 Å². The molecule has 0 aliphatic carbocycles. The van der Waals surface area contributed by atoms with Gasteiger partial charge in [0.15, 0.2) is 0 Å². The Bertz CT molecular complexity index is 332. The molecule has 3 heteroatoms. The number of rotatable bonds is 3. The largest absolute Gasteiger partial charge is 0.397 e. The highest BCUT2D eigenvalue weighted by molar-refractivity contribution is 5.67. The number of nitrogen functional groups attached to an aromatic ring is 1. The van der Waals surface area contributed by atoms with E-state index < -0.39 is 0 Å². The molecule has 2 N–H and O–H groups in total. The van der Waals surface area contributed by atoms with E-state index in [9.17, 15) is 0 Å². The lowest BCUT2D eigenvalue weighted by molar-refractivity contribution is 0.398. The zero-order chi connectivity index (χ0) is 11.6. The molecule has 1 aromatic carbocycles. The highest BCUT2D eigenvalue weighted by Crippen LogP contribution is 2.26. The van der Waals surface area contributed by atoms with Gasteiger partial charge in [-0.05, 0) is 23.6 Å². The van der Waals surface area contributed by atoms with Crippen LogP contribution in [-0.2, 0) is 0 Å². The topological polar surface area (TPSA) is 32.5 Å². The number of benzene rings is 1. The maximum absolute atomic E-state index is 6.03. The Morgan fingerprint density at radius 3 is 2.13 bits per heavy atom. The van der Waals surface area contributed by atoms with Gasteiger partial charge in [0, 0.05) is 21.1 Å². The molecule has 0 fully saturated rings. The molecule has 0 heterocycles. The van der Waals surface area contributed by atoms with Crippen molar-refractivity contribution < 1.29 is 0 Å². The van der Waals surface area contributed by atoms with E-state index in [2.05, 4.69) is 32.0 Å². The molecule has 0 aromatic heterocycles. The Morgan fingerprint density at radius 1 is 1.13 bits per heavy atom. The maximum Gasteiger partial charge on any atom is 0.0748 e. The van der Waals surface area contributed by atoms with Crippen molar-refractivity contribution in [2.75, 3.05) is 31.9 Å². The van der Waals surface area contributed by atoms with Gasteiger partial charge in [0.25, 0.3) is 0 Å². The molecule has 0 bridgehead atoms. The fourth-order valence-electron chi connectivity index (χ4n) is 1.44. The molecule has 0 unspecified atom stereocenters. The third-order valence-corrected chi connectivity index (χ3v) is 2.67. The van der Waals surface area contributed by atoms with Crippen LogP contribution in [0.5, 0.6) is 0 Å². The van der Waals surface area contributed by atoms with Crippen LogP contribution in [0.3, 0.4) is 0 Å². The fourth-order valence-corrected chi connectivity index (χ4v) is 1.44.